The molecule has 4 nitrogen and oxygen atoms in total. The van der Waals surface area contributed by atoms with E-state index in [0.29, 0.717) is 22.0 Å². The number of aromatic nitrogens is 1. The lowest BCUT2D eigenvalue weighted by Crippen LogP contribution is -1.94. The van der Waals surface area contributed by atoms with Crippen LogP contribution in [-0.2, 0) is 0 Å². The van der Waals surface area contributed by atoms with Gasteiger partial charge in [0.25, 0.3) is 0 Å². The van der Waals surface area contributed by atoms with Crippen LogP contribution in [0.3, 0.4) is 0 Å². The van der Waals surface area contributed by atoms with E-state index >= 15 is 0 Å². The van der Waals surface area contributed by atoms with Gasteiger partial charge in [-0.2, -0.15) is 0 Å². The van der Waals surface area contributed by atoms with Crippen LogP contribution in [0, 0.1) is 0 Å². The Morgan fingerprint density at radius 1 is 1.16 bits per heavy atom. The molecule has 0 aliphatic carbocycles. The average molecular weight is 274 g/mol. The topological polar surface area (TPSA) is 63.3 Å². The SMILES string of the molecule is O=C(O)c1ccc2oc(-c3ccc(Cl)cc3)nc2c1. The Kier molecular flexibility index (Phi) is 2.72. The molecule has 0 aliphatic heterocycles. The van der Waals surface area contributed by atoms with Crippen molar-refractivity contribution in [1.29, 1.82) is 0 Å². The van der Waals surface area contributed by atoms with E-state index in [2.05, 4.69) is 4.98 Å². The summed E-state index contributed by atoms with van der Waals surface area (Å²) in [5, 5.41) is 9.56. The quantitative estimate of drug-likeness (QED) is 0.770. The molecule has 94 valence electrons. The van der Waals surface area contributed by atoms with Crippen molar-refractivity contribution in [1.82, 2.24) is 4.98 Å². The monoisotopic (exact) mass is 273 g/mol. The summed E-state index contributed by atoms with van der Waals surface area (Å²) in [6, 6.07) is 11.7. The van der Waals surface area contributed by atoms with Gasteiger partial charge in [0.1, 0.15) is 5.52 Å². The fourth-order valence-electron chi connectivity index (χ4n) is 1.78. The molecule has 0 spiro atoms. The second-order valence-corrected chi connectivity index (χ2v) is 4.45. The highest BCUT2D eigenvalue weighted by Gasteiger charge is 2.10. The molecule has 0 atom stereocenters. The van der Waals surface area contributed by atoms with E-state index in [1.54, 1.807) is 30.3 Å². The first-order valence-electron chi connectivity index (χ1n) is 5.53. The highest BCUT2D eigenvalue weighted by molar-refractivity contribution is 6.30. The van der Waals surface area contributed by atoms with Crippen molar-refractivity contribution in [2.24, 2.45) is 0 Å². The molecule has 1 aromatic heterocycles. The molecule has 0 aliphatic rings. The number of hydrogen-bond acceptors (Lipinski definition) is 3. The van der Waals surface area contributed by atoms with Gasteiger partial charge in [-0.3, -0.25) is 0 Å². The lowest BCUT2D eigenvalue weighted by Gasteiger charge is -1.94. The summed E-state index contributed by atoms with van der Waals surface area (Å²) in [5.41, 5.74) is 2.04. The number of benzene rings is 2. The van der Waals surface area contributed by atoms with Gasteiger partial charge in [0, 0.05) is 10.6 Å². The van der Waals surface area contributed by atoms with Gasteiger partial charge in [0.2, 0.25) is 5.89 Å². The van der Waals surface area contributed by atoms with Crippen molar-refractivity contribution in [3.8, 4) is 11.5 Å². The van der Waals surface area contributed by atoms with Crippen LogP contribution in [0.1, 0.15) is 10.4 Å². The molecule has 3 aromatic rings. The molecule has 5 heteroatoms. The number of carboxylic acid groups (broad SMARTS) is 1. The van der Waals surface area contributed by atoms with Crippen LogP contribution in [0.5, 0.6) is 0 Å². The van der Waals surface area contributed by atoms with E-state index in [-0.39, 0.29) is 5.56 Å². The molecule has 19 heavy (non-hydrogen) atoms. The third-order valence-electron chi connectivity index (χ3n) is 2.73. The first-order chi connectivity index (χ1) is 9.13. The van der Waals surface area contributed by atoms with Crippen LogP contribution in [0.15, 0.2) is 46.9 Å². The highest BCUT2D eigenvalue weighted by Crippen LogP contribution is 2.25. The molecule has 0 unspecified atom stereocenters. The predicted molar refractivity (Wildman–Crippen MR) is 71.4 cm³/mol. The van der Waals surface area contributed by atoms with E-state index in [1.165, 1.54) is 12.1 Å². The van der Waals surface area contributed by atoms with Crippen molar-refractivity contribution in [2.75, 3.05) is 0 Å². The predicted octanol–water partition coefficient (Wildman–Crippen LogP) is 3.85. The number of carboxylic acids is 1. The van der Waals surface area contributed by atoms with E-state index in [9.17, 15) is 4.79 Å². The van der Waals surface area contributed by atoms with Crippen LogP contribution in [0.25, 0.3) is 22.6 Å². The minimum Gasteiger partial charge on any atom is -0.478 e. The molecule has 3 rings (SSSR count). The number of rotatable bonds is 2. The second kappa shape index (κ2) is 4.40. The lowest BCUT2D eigenvalue weighted by molar-refractivity contribution is 0.0697. The van der Waals surface area contributed by atoms with Crippen molar-refractivity contribution in [3.05, 3.63) is 53.1 Å². The summed E-state index contributed by atoms with van der Waals surface area (Å²) in [7, 11) is 0. The largest absolute Gasteiger partial charge is 0.478 e. The number of nitrogens with zero attached hydrogens (tertiary/aromatic N) is 1. The first kappa shape index (κ1) is 11.7. The van der Waals surface area contributed by atoms with E-state index in [1.807, 2.05) is 0 Å². The van der Waals surface area contributed by atoms with Crippen LogP contribution >= 0.6 is 11.6 Å². The van der Waals surface area contributed by atoms with Gasteiger partial charge < -0.3 is 9.52 Å². The fourth-order valence-corrected chi connectivity index (χ4v) is 1.90. The summed E-state index contributed by atoms with van der Waals surface area (Å²) in [5.74, 6) is -0.549. The number of oxazole rings is 1. The zero-order valence-electron chi connectivity index (χ0n) is 9.63. The number of aromatic carboxylic acids is 1. The molecule has 2 aromatic carbocycles. The van der Waals surface area contributed by atoms with Gasteiger partial charge in [0.15, 0.2) is 5.58 Å². The lowest BCUT2D eigenvalue weighted by atomic mass is 10.2. The molecular weight excluding hydrogens is 266 g/mol. The summed E-state index contributed by atoms with van der Waals surface area (Å²) < 4.78 is 5.58. The van der Waals surface area contributed by atoms with Gasteiger partial charge in [0.05, 0.1) is 5.56 Å². The summed E-state index contributed by atoms with van der Waals surface area (Å²) in [6.07, 6.45) is 0. The number of carbonyl (C=O) groups is 1. The van der Waals surface area contributed by atoms with E-state index < -0.39 is 5.97 Å². The Morgan fingerprint density at radius 3 is 2.58 bits per heavy atom. The normalized spacial score (nSPS) is 10.8. The van der Waals surface area contributed by atoms with Crippen LogP contribution < -0.4 is 0 Å². The van der Waals surface area contributed by atoms with Crippen LogP contribution in [-0.4, -0.2) is 16.1 Å². The summed E-state index contributed by atoms with van der Waals surface area (Å²) in [4.78, 5) is 15.2. The van der Waals surface area contributed by atoms with Gasteiger partial charge >= 0.3 is 5.97 Å². The zero-order valence-corrected chi connectivity index (χ0v) is 10.4. The molecule has 0 radical (unpaired) electrons. The molecule has 0 amide bonds. The Hall–Kier alpha value is -2.33. The summed E-state index contributed by atoms with van der Waals surface area (Å²) >= 11 is 5.82. The second-order valence-electron chi connectivity index (χ2n) is 4.01. The van der Waals surface area contributed by atoms with Crippen LogP contribution in [0.2, 0.25) is 5.02 Å². The molecule has 0 saturated carbocycles. The number of halogens is 1. The van der Waals surface area contributed by atoms with Gasteiger partial charge in [-0.25, -0.2) is 9.78 Å². The van der Waals surface area contributed by atoms with Crippen LogP contribution in [0.4, 0.5) is 0 Å². The van der Waals surface area contributed by atoms with Crippen molar-refractivity contribution < 1.29 is 14.3 Å². The standard InChI is InChI=1S/C14H8ClNO3/c15-10-4-1-8(2-5-10)13-16-11-7-9(14(17)18)3-6-12(11)19-13/h1-7H,(H,17,18). The Labute approximate surface area is 113 Å². The van der Waals surface area contributed by atoms with Crippen molar-refractivity contribution >= 4 is 28.7 Å². The zero-order chi connectivity index (χ0) is 13.4. The molecule has 1 N–H and O–H groups in total. The Bertz CT molecular complexity index is 762. The minimum atomic E-state index is -0.988. The van der Waals surface area contributed by atoms with Crippen molar-refractivity contribution in [3.63, 3.8) is 0 Å². The van der Waals surface area contributed by atoms with E-state index in [0.717, 1.165) is 5.56 Å². The average Bonchev–Trinajstić information content (AvgIpc) is 2.82. The third-order valence-corrected chi connectivity index (χ3v) is 2.98. The van der Waals surface area contributed by atoms with E-state index in [4.69, 9.17) is 21.1 Å². The molecule has 0 bridgehead atoms. The maximum absolute atomic E-state index is 10.9. The molecule has 0 fully saturated rings. The number of fused-ring (bicyclic) bond motifs is 1. The van der Waals surface area contributed by atoms with Gasteiger partial charge in [-0.15, -0.1) is 0 Å². The Balaban J connectivity index is 2.11. The maximum Gasteiger partial charge on any atom is 0.335 e. The molecule has 0 saturated heterocycles. The summed E-state index contributed by atoms with van der Waals surface area (Å²) in [6.45, 7) is 0. The third kappa shape index (κ3) is 2.18. The Morgan fingerprint density at radius 2 is 1.89 bits per heavy atom. The molecular formula is C14H8ClNO3. The fraction of sp³-hybridized carbons (Fsp3) is 0. The molecule has 1 heterocycles. The van der Waals surface area contributed by atoms with Gasteiger partial charge in [-0.1, -0.05) is 11.6 Å². The highest BCUT2D eigenvalue weighted by atomic mass is 35.5. The van der Waals surface area contributed by atoms with Gasteiger partial charge in [-0.05, 0) is 42.5 Å². The maximum atomic E-state index is 10.9. The van der Waals surface area contributed by atoms with Crippen molar-refractivity contribution in [2.45, 2.75) is 0 Å². The first-order valence-corrected chi connectivity index (χ1v) is 5.91. The minimum absolute atomic E-state index is 0.184. The smallest absolute Gasteiger partial charge is 0.335 e. The number of hydrogen-bond donors (Lipinski definition) is 1.